The molecule has 0 heterocycles. The third-order valence-corrected chi connectivity index (χ3v) is 2.85. The molecule has 0 spiro atoms. The first-order valence-corrected chi connectivity index (χ1v) is 5.65. The third-order valence-electron chi connectivity index (χ3n) is 2.14. The summed E-state index contributed by atoms with van der Waals surface area (Å²) in [6.07, 6.45) is 0. The number of hydrogen-bond acceptors (Lipinski definition) is 0. The number of halogens is 4. The van der Waals surface area contributed by atoms with E-state index in [1.165, 1.54) is 12.1 Å². The van der Waals surface area contributed by atoms with Crippen molar-refractivity contribution in [2.45, 2.75) is 0 Å². The summed E-state index contributed by atoms with van der Waals surface area (Å²) in [7, 11) is 0. The molecule has 0 aliphatic heterocycles. The molecule has 0 N–H and O–H groups in total. The molecule has 0 amide bonds. The zero-order chi connectivity index (χ0) is 11.7. The fourth-order valence-electron chi connectivity index (χ4n) is 1.43. The molecule has 0 saturated carbocycles. The van der Waals surface area contributed by atoms with E-state index in [2.05, 4.69) is 15.9 Å². The van der Waals surface area contributed by atoms with Crippen molar-refractivity contribution in [1.29, 1.82) is 0 Å². The highest BCUT2D eigenvalue weighted by molar-refractivity contribution is 9.10. The molecule has 0 aliphatic carbocycles. The number of hydrogen-bond donors (Lipinski definition) is 0. The Labute approximate surface area is 105 Å². The predicted octanol–water partition coefficient (Wildman–Crippen LogP) is 5.05. The van der Waals surface area contributed by atoms with Crippen molar-refractivity contribution in [3.63, 3.8) is 0 Å². The van der Waals surface area contributed by atoms with E-state index < -0.39 is 11.6 Å². The van der Waals surface area contributed by atoms with Crippen molar-refractivity contribution in [1.82, 2.24) is 0 Å². The maximum Gasteiger partial charge on any atom is 0.135 e. The molecule has 2 rings (SSSR count). The van der Waals surface area contributed by atoms with Gasteiger partial charge in [0.2, 0.25) is 0 Å². The van der Waals surface area contributed by atoms with Crippen LogP contribution in [-0.2, 0) is 0 Å². The average molecular weight is 304 g/mol. The topological polar surface area (TPSA) is 0 Å². The normalized spacial score (nSPS) is 10.5. The molecule has 16 heavy (non-hydrogen) atoms. The van der Waals surface area contributed by atoms with Gasteiger partial charge in [-0.1, -0.05) is 39.7 Å². The summed E-state index contributed by atoms with van der Waals surface area (Å²) in [5, 5.41) is 0.529. The summed E-state index contributed by atoms with van der Waals surface area (Å²) in [6, 6.07) is 8.81. The van der Waals surface area contributed by atoms with Crippen molar-refractivity contribution < 1.29 is 8.78 Å². The first-order valence-electron chi connectivity index (χ1n) is 4.48. The first kappa shape index (κ1) is 11.6. The van der Waals surface area contributed by atoms with Gasteiger partial charge in [-0.2, -0.15) is 0 Å². The largest absolute Gasteiger partial charge is 0.206 e. The van der Waals surface area contributed by atoms with E-state index >= 15 is 0 Å². The summed E-state index contributed by atoms with van der Waals surface area (Å²) >= 11 is 8.74. The van der Waals surface area contributed by atoms with Crippen LogP contribution in [0.4, 0.5) is 8.78 Å². The van der Waals surface area contributed by atoms with Gasteiger partial charge in [-0.25, -0.2) is 8.78 Å². The van der Waals surface area contributed by atoms with Crippen LogP contribution in [-0.4, -0.2) is 0 Å². The second-order valence-electron chi connectivity index (χ2n) is 3.25. The van der Waals surface area contributed by atoms with E-state index in [9.17, 15) is 8.78 Å². The van der Waals surface area contributed by atoms with Crippen molar-refractivity contribution in [2.24, 2.45) is 0 Å². The Morgan fingerprint density at radius 1 is 0.938 bits per heavy atom. The van der Waals surface area contributed by atoms with Gasteiger partial charge in [-0.05, 0) is 29.8 Å². The lowest BCUT2D eigenvalue weighted by Crippen LogP contribution is -1.90. The lowest BCUT2D eigenvalue weighted by molar-refractivity contribution is 0.588. The van der Waals surface area contributed by atoms with E-state index in [1.54, 1.807) is 24.3 Å². The maximum absolute atomic E-state index is 13.6. The predicted molar refractivity (Wildman–Crippen MR) is 64.5 cm³/mol. The van der Waals surface area contributed by atoms with Gasteiger partial charge in [0.1, 0.15) is 11.6 Å². The van der Waals surface area contributed by atoms with Crippen LogP contribution >= 0.6 is 27.5 Å². The van der Waals surface area contributed by atoms with Crippen LogP contribution in [0.3, 0.4) is 0 Å². The molecule has 0 bridgehead atoms. The average Bonchev–Trinajstić information content (AvgIpc) is 2.19. The van der Waals surface area contributed by atoms with E-state index in [-0.39, 0.29) is 5.56 Å². The Morgan fingerprint density at radius 2 is 1.44 bits per heavy atom. The smallest absolute Gasteiger partial charge is 0.135 e. The fourth-order valence-corrected chi connectivity index (χ4v) is 1.96. The van der Waals surface area contributed by atoms with Gasteiger partial charge < -0.3 is 0 Å². The summed E-state index contributed by atoms with van der Waals surface area (Å²) in [5.74, 6) is -1.21. The standard InChI is InChI=1S/C12H6BrClF2/c13-8-5-10(15)12(11(16)6-8)7-1-3-9(14)4-2-7/h1-6H. The highest BCUT2D eigenvalue weighted by Crippen LogP contribution is 2.29. The quantitative estimate of drug-likeness (QED) is 0.692. The molecule has 0 aliphatic rings. The van der Waals surface area contributed by atoms with Gasteiger partial charge in [0, 0.05) is 9.50 Å². The lowest BCUT2D eigenvalue weighted by Gasteiger charge is -2.06. The summed E-state index contributed by atoms with van der Waals surface area (Å²) in [6.45, 7) is 0. The van der Waals surface area contributed by atoms with Crippen LogP contribution in [0, 0.1) is 11.6 Å². The lowest BCUT2D eigenvalue weighted by atomic mass is 10.0. The number of rotatable bonds is 1. The van der Waals surface area contributed by atoms with Crippen LogP contribution in [0.5, 0.6) is 0 Å². The second-order valence-corrected chi connectivity index (χ2v) is 4.60. The van der Waals surface area contributed by atoms with Crippen LogP contribution in [0.15, 0.2) is 40.9 Å². The van der Waals surface area contributed by atoms with E-state index in [0.29, 0.717) is 15.1 Å². The minimum absolute atomic E-state index is 0.0418. The molecule has 0 radical (unpaired) electrons. The van der Waals surface area contributed by atoms with Crippen molar-refractivity contribution in [3.05, 3.63) is 57.5 Å². The van der Waals surface area contributed by atoms with Gasteiger partial charge in [0.15, 0.2) is 0 Å². The molecule has 0 fully saturated rings. The Kier molecular flexibility index (Phi) is 3.26. The van der Waals surface area contributed by atoms with Crippen molar-refractivity contribution in [3.8, 4) is 11.1 Å². The zero-order valence-corrected chi connectivity index (χ0v) is 10.3. The molecular formula is C12H6BrClF2. The number of benzene rings is 2. The minimum Gasteiger partial charge on any atom is -0.206 e. The molecule has 2 aromatic carbocycles. The maximum atomic E-state index is 13.6. The monoisotopic (exact) mass is 302 g/mol. The SMILES string of the molecule is Fc1cc(Br)cc(F)c1-c1ccc(Cl)cc1. The molecule has 0 atom stereocenters. The summed E-state index contributed by atoms with van der Waals surface area (Å²) < 4.78 is 27.6. The Hall–Kier alpha value is -0.930. The summed E-state index contributed by atoms with van der Waals surface area (Å²) in [4.78, 5) is 0. The molecule has 0 saturated heterocycles. The van der Waals surface area contributed by atoms with Crippen LogP contribution in [0.2, 0.25) is 5.02 Å². The second kappa shape index (κ2) is 4.52. The fraction of sp³-hybridized carbons (Fsp3) is 0. The molecule has 4 heteroatoms. The Balaban J connectivity index is 2.60. The molecular weight excluding hydrogens is 297 g/mol. The van der Waals surface area contributed by atoms with Crippen LogP contribution in [0.1, 0.15) is 0 Å². The Bertz CT molecular complexity index is 500. The van der Waals surface area contributed by atoms with Gasteiger partial charge >= 0.3 is 0 Å². The van der Waals surface area contributed by atoms with E-state index in [0.717, 1.165) is 0 Å². The van der Waals surface area contributed by atoms with Gasteiger partial charge in [-0.15, -0.1) is 0 Å². The van der Waals surface area contributed by atoms with Gasteiger partial charge in [-0.3, -0.25) is 0 Å². The van der Waals surface area contributed by atoms with Crippen LogP contribution < -0.4 is 0 Å². The molecule has 82 valence electrons. The van der Waals surface area contributed by atoms with Gasteiger partial charge in [0.25, 0.3) is 0 Å². The van der Waals surface area contributed by atoms with E-state index in [4.69, 9.17) is 11.6 Å². The molecule has 0 nitrogen and oxygen atoms in total. The summed E-state index contributed by atoms with van der Waals surface area (Å²) in [5.41, 5.74) is 0.423. The van der Waals surface area contributed by atoms with Crippen molar-refractivity contribution >= 4 is 27.5 Å². The van der Waals surface area contributed by atoms with Gasteiger partial charge in [0.05, 0.1) is 5.56 Å². The highest BCUT2D eigenvalue weighted by atomic mass is 79.9. The van der Waals surface area contributed by atoms with Crippen LogP contribution in [0.25, 0.3) is 11.1 Å². The third kappa shape index (κ3) is 2.25. The minimum atomic E-state index is -0.603. The zero-order valence-electron chi connectivity index (χ0n) is 7.98. The van der Waals surface area contributed by atoms with E-state index in [1.807, 2.05) is 0 Å². The molecule has 0 unspecified atom stereocenters. The highest BCUT2D eigenvalue weighted by Gasteiger charge is 2.12. The van der Waals surface area contributed by atoms with Crippen molar-refractivity contribution in [2.75, 3.05) is 0 Å². The first-order chi connectivity index (χ1) is 7.58. The molecule has 2 aromatic rings. The Morgan fingerprint density at radius 3 is 1.94 bits per heavy atom. The molecule has 0 aromatic heterocycles.